The lowest BCUT2D eigenvalue weighted by Gasteiger charge is -2.35. The van der Waals surface area contributed by atoms with Gasteiger partial charge in [0.2, 0.25) is 5.91 Å². The molecule has 0 bridgehead atoms. The van der Waals surface area contributed by atoms with E-state index < -0.39 is 23.1 Å². The summed E-state index contributed by atoms with van der Waals surface area (Å²) in [6.07, 6.45) is 0. The molecule has 1 atom stereocenters. The zero-order chi connectivity index (χ0) is 23.0. The van der Waals surface area contributed by atoms with Crippen LogP contribution in [0.15, 0.2) is 52.1 Å². The number of amides is 1. The molecule has 1 aliphatic rings. The highest BCUT2D eigenvalue weighted by Gasteiger charge is 2.28. The van der Waals surface area contributed by atoms with Gasteiger partial charge < -0.3 is 9.80 Å². The van der Waals surface area contributed by atoms with Crippen molar-refractivity contribution in [1.82, 2.24) is 18.9 Å². The van der Waals surface area contributed by atoms with Crippen molar-refractivity contribution in [2.45, 2.75) is 19.9 Å². The van der Waals surface area contributed by atoms with Gasteiger partial charge in [0.1, 0.15) is 11.9 Å². The van der Waals surface area contributed by atoms with Gasteiger partial charge in [-0.1, -0.05) is 30.7 Å². The molecule has 168 valence electrons. The normalized spacial score (nSPS) is 15.8. The minimum Gasteiger partial charge on any atom is -0.338 e. The van der Waals surface area contributed by atoms with Crippen molar-refractivity contribution in [3.05, 3.63) is 74.1 Å². The zero-order valence-electron chi connectivity index (χ0n) is 17.9. The Morgan fingerprint density at radius 1 is 1.09 bits per heavy atom. The lowest BCUT2D eigenvalue weighted by atomic mass is 10.2. The van der Waals surface area contributed by atoms with Crippen molar-refractivity contribution in [3.8, 4) is 5.69 Å². The molecule has 4 rings (SSSR count). The number of hydrogen-bond donors (Lipinski definition) is 0. The maximum atomic E-state index is 13.7. The van der Waals surface area contributed by atoms with Gasteiger partial charge in [-0.05, 0) is 43.8 Å². The molecule has 0 spiro atoms. The number of piperazine rings is 1. The summed E-state index contributed by atoms with van der Waals surface area (Å²) in [7, 11) is 0. The molecule has 9 heteroatoms. The minimum absolute atomic E-state index is 0.141. The Bertz CT molecular complexity index is 1290. The van der Waals surface area contributed by atoms with Crippen LogP contribution in [0.2, 0.25) is 5.02 Å². The Labute approximate surface area is 189 Å². The molecule has 1 saturated heterocycles. The Kier molecular flexibility index (Phi) is 6.17. The Balaban J connectivity index is 1.86. The number of likely N-dealkylation sites (N-methyl/N-ethyl adjacent to an activating group) is 1. The van der Waals surface area contributed by atoms with E-state index in [9.17, 15) is 18.8 Å². The number of benzene rings is 2. The quantitative estimate of drug-likeness (QED) is 0.603. The molecule has 0 aliphatic carbocycles. The lowest BCUT2D eigenvalue weighted by molar-refractivity contribution is -0.136. The number of halogens is 2. The first-order valence-corrected chi connectivity index (χ1v) is 10.9. The van der Waals surface area contributed by atoms with E-state index in [-0.39, 0.29) is 22.0 Å². The van der Waals surface area contributed by atoms with Crippen LogP contribution in [0.1, 0.15) is 19.9 Å². The molecule has 1 aliphatic heterocycles. The third kappa shape index (κ3) is 3.84. The molecule has 1 aromatic heterocycles. The van der Waals surface area contributed by atoms with Crippen molar-refractivity contribution in [2.75, 3.05) is 32.7 Å². The molecule has 32 heavy (non-hydrogen) atoms. The fraction of sp³-hybridized carbons (Fsp3) is 0.348. The second kappa shape index (κ2) is 8.88. The average Bonchev–Trinajstić information content (AvgIpc) is 2.81. The van der Waals surface area contributed by atoms with Crippen LogP contribution in [-0.2, 0) is 4.79 Å². The number of rotatable bonds is 4. The number of nitrogens with zero attached hydrogens (tertiary/aromatic N) is 4. The summed E-state index contributed by atoms with van der Waals surface area (Å²) in [6.45, 7) is 7.38. The summed E-state index contributed by atoms with van der Waals surface area (Å²) in [5.41, 5.74) is -0.715. The van der Waals surface area contributed by atoms with E-state index in [0.717, 1.165) is 30.3 Å². The first kappa shape index (κ1) is 22.2. The van der Waals surface area contributed by atoms with Crippen LogP contribution in [0.5, 0.6) is 0 Å². The van der Waals surface area contributed by atoms with Crippen molar-refractivity contribution in [2.24, 2.45) is 0 Å². The summed E-state index contributed by atoms with van der Waals surface area (Å²) in [5, 5.41) is 0.0782. The van der Waals surface area contributed by atoms with Gasteiger partial charge in [0.25, 0.3) is 5.56 Å². The number of fused-ring (bicyclic) bond motifs is 1. The number of para-hydroxylation sites is 1. The SMILES string of the molecule is CCN1CCN(C(=O)C(C)n2c(=O)n(-c3ccc(F)c(Cl)c3)c(=O)c3ccccc32)CC1. The van der Waals surface area contributed by atoms with Gasteiger partial charge in [-0.3, -0.25) is 14.2 Å². The number of carbonyl (C=O) groups excluding carboxylic acids is 1. The summed E-state index contributed by atoms with van der Waals surface area (Å²) in [4.78, 5) is 44.0. The largest absolute Gasteiger partial charge is 0.338 e. The number of aromatic nitrogens is 2. The third-order valence-corrected chi connectivity index (χ3v) is 6.32. The van der Waals surface area contributed by atoms with Crippen molar-refractivity contribution < 1.29 is 9.18 Å². The van der Waals surface area contributed by atoms with Crippen LogP contribution < -0.4 is 11.2 Å². The third-order valence-electron chi connectivity index (χ3n) is 6.03. The highest BCUT2D eigenvalue weighted by Crippen LogP contribution is 2.20. The molecular formula is C23H24ClFN4O3. The molecule has 0 saturated carbocycles. The van der Waals surface area contributed by atoms with E-state index in [1.54, 1.807) is 36.1 Å². The molecule has 0 radical (unpaired) electrons. The van der Waals surface area contributed by atoms with E-state index in [1.807, 2.05) is 0 Å². The number of carbonyl (C=O) groups is 1. The van der Waals surface area contributed by atoms with E-state index in [4.69, 9.17) is 11.6 Å². The maximum absolute atomic E-state index is 13.7. The van der Waals surface area contributed by atoms with Crippen molar-refractivity contribution >= 4 is 28.4 Å². The van der Waals surface area contributed by atoms with E-state index in [1.165, 1.54) is 16.7 Å². The monoisotopic (exact) mass is 458 g/mol. The van der Waals surface area contributed by atoms with Gasteiger partial charge in [0.15, 0.2) is 0 Å². The van der Waals surface area contributed by atoms with E-state index in [2.05, 4.69) is 11.8 Å². The standard InChI is InChI=1S/C23H24ClFN4O3/c1-3-26-10-12-27(13-11-26)21(30)15(2)28-20-7-5-4-6-17(20)22(31)29(23(28)32)16-8-9-19(25)18(24)14-16/h4-9,14-15H,3,10-13H2,1-2H3. The van der Waals surface area contributed by atoms with Crippen LogP contribution in [0.25, 0.3) is 16.6 Å². The maximum Gasteiger partial charge on any atom is 0.336 e. The zero-order valence-corrected chi connectivity index (χ0v) is 18.7. The van der Waals surface area contributed by atoms with E-state index in [0.29, 0.717) is 18.6 Å². The topological polar surface area (TPSA) is 67.5 Å². The van der Waals surface area contributed by atoms with Crippen LogP contribution in [0.4, 0.5) is 4.39 Å². The molecule has 0 N–H and O–H groups in total. The van der Waals surface area contributed by atoms with Gasteiger partial charge in [-0.25, -0.2) is 13.8 Å². The summed E-state index contributed by atoms with van der Waals surface area (Å²) >= 11 is 5.90. The highest BCUT2D eigenvalue weighted by atomic mass is 35.5. The molecule has 1 unspecified atom stereocenters. The van der Waals surface area contributed by atoms with Crippen LogP contribution in [0, 0.1) is 5.82 Å². The van der Waals surface area contributed by atoms with Crippen LogP contribution in [0.3, 0.4) is 0 Å². The smallest absolute Gasteiger partial charge is 0.336 e. The molecule has 2 heterocycles. The lowest BCUT2D eigenvalue weighted by Crippen LogP contribution is -2.51. The van der Waals surface area contributed by atoms with Crippen LogP contribution in [-0.4, -0.2) is 57.6 Å². The molecule has 7 nitrogen and oxygen atoms in total. The summed E-state index contributed by atoms with van der Waals surface area (Å²) < 4.78 is 16.0. The van der Waals surface area contributed by atoms with Crippen molar-refractivity contribution in [1.29, 1.82) is 0 Å². The van der Waals surface area contributed by atoms with Gasteiger partial charge in [0.05, 0.1) is 21.6 Å². The first-order valence-electron chi connectivity index (χ1n) is 10.6. The average molecular weight is 459 g/mol. The Hall–Kier alpha value is -2.97. The second-order valence-corrected chi connectivity index (χ2v) is 8.25. The summed E-state index contributed by atoms with van der Waals surface area (Å²) in [6, 6.07) is 9.49. The molecule has 3 aromatic rings. The number of hydrogen-bond acceptors (Lipinski definition) is 4. The van der Waals surface area contributed by atoms with Gasteiger partial charge in [-0.2, -0.15) is 0 Å². The van der Waals surface area contributed by atoms with Gasteiger partial charge in [0, 0.05) is 26.2 Å². The fourth-order valence-electron chi connectivity index (χ4n) is 4.17. The fourth-order valence-corrected chi connectivity index (χ4v) is 4.34. The predicted molar refractivity (Wildman–Crippen MR) is 122 cm³/mol. The van der Waals surface area contributed by atoms with Gasteiger partial charge >= 0.3 is 5.69 Å². The summed E-state index contributed by atoms with van der Waals surface area (Å²) in [5.74, 6) is -0.838. The van der Waals surface area contributed by atoms with Crippen molar-refractivity contribution in [3.63, 3.8) is 0 Å². The van der Waals surface area contributed by atoms with Crippen LogP contribution >= 0.6 is 11.6 Å². The highest BCUT2D eigenvalue weighted by molar-refractivity contribution is 6.30. The second-order valence-electron chi connectivity index (χ2n) is 7.84. The van der Waals surface area contributed by atoms with E-state index >= 15 is 0 Å². The molecular weight excluding hydrogens is 435 g/mol. The first-order chi connectivity index (χ1) is 15.3. The minimum atomic E-state index is -0.830. The Morgan fingerprint density at radius 3 is 2.44 bits per heavy atom. The molecule has 2 aromatic carbocycles. The van der Waals surface area contributed by atoms with Gasteiger partial charge in [-0.15, -0.1) is 0 Å². The molecule has 1 fully saturated rings. The Morgan fingerprint density at radius 2 is 1.78 bits per heavy atom. The predicted octanol–water partition coefficient (Wildman–Crippen LogP) is 2.67. The molecule has 1 amide bonds.